The van der Waals surface area contributed by atoms with Crippen LogP contribution in [0.5, 0.6) is 0 Å². The Labute approximate surface area is 131 Å². The van der Waals surface area contributed by atoms with Crippen molar-refractivity contribution in [1.29, 1.82) is 0 Å². The number of nitrogens with one attached hydrogen (secondary N) is 1. The van der Waals surface area contributed by atoms with Gasteiger partial charge < -0.3 is 5.11 Å². The first-order chi connectivity index (χ1) is 10.2. The van der Waals surface area contributed by atoms with Crippen LogP contribution in [0, 0.1) is 25.5 Å². The van der Waals surface area contributed by atoms with E-state index in [1.807, 2.05) is 0 Å². The third-order valence-corrected chi connectivity index (χ3v) is 5.73. The maximum atomic E-state index is 13.5. The summed E-state index contributed by atoms with van der Waals surface area (Å²) in [6.07, 6.45) is -1.61. The molecule has 1 heterocycles. The molecule has 8 heteroatoms. The Kier molecular flexibility index (Phi) is 4.96. The van der Waals surface area contributed by atoms with Crippen molar-refractivity contribution in [3.05, 3.63) is 51.2 Å². The summed E-state index contributed by atoms with van der Waals surface area (Å²) in [4.78, 5) is 1.55. The lowest BCUT2D eigenvalue weighted by Crippen LogP contribution is -2.29. The summed E-state index contributed by atoms with van der Waals surface area (Å²) in [5, 5.41) is 9.86. The molecule has 0 saturated heterocycles. The number of rotatable bonds is 5. The topological polar surface area (TPSA) is 66.4 Å². The van der Waals surface area contributed by atoms with Gasteiger partial charge in [-0.05, 0) is 32.0 Å². The smallest absolute Gasteiger partial charge is 0.241 e. The van der Waals surface area contributed by atoms with Crippen molar-refractivity contribution in [1.82, 2.24) is 4.72 Å². The first-order valence-corrected chi connectivity index (χ1v) is 8.71. The minimum absolute atomic E-state index is 0.108. The van der Waals surface area contributed by atoms with E-state index in [4.69, 9.17) is 0 Å². The average Bonchev–Trinajstić information content (AvgIpc) is 2.76. The second-order valence-corrected chi connectivity index (χ2v) is 7.98. The Morgan fingerprint density at radius 1 is 1.27 bits per heavy atom. The zero-order valence-corrected chi connectivity index (χ0v) is 13.6. The van der Waals surface area contributed by atoms with E-state index in [1.165, 1.54) is 23.5 Å². The van der Waals surface area contributed by atoms with E-state index in [2.05, 4.69) is 4.72 Å². The number of hydrogen-bond acceptors (Lipinski definition) is 4. The highest BCUT2D eigenvalue weighted by atomic mass is 32.2. The molecular weight excluding hydrogens is 332 g/mol. The van der Waals surface area contributed by atoms with E-state index < -0.39 is 39.9 Å². The molecule has 0 radical (unpaired) electrons. The van der Waals surface area contributed by atoms with Gasteiger partial charge in [-0.2, -0.15) is 0 Å². The molecule has 0 bridgehead atoms. The van der Waals surface area contributed by atoms with Gasteiger partial charge in [0.25, 0.3) is 0 Å². The maximum Gasteiger partial charge on any atom is 0.241 e. The van der Waals surface area contributed by atoms with Crippen molar-refractivity contribution < 1.29 is 22.3 Å². The standard InChI is InChI=1S/C14H15F2NO3S2/c1-8-6-13(9(2)21-8)22(19,20)17-7-12(18)14-10(15)4-3-5-11(14)16/h3-6,12,17-18H,7H2,1-2H3. The molecule has 2 aromatic rings. The lowest BCUT2D eigenvalue weighted by molar-refractivity contribution is 0.172. The lowest BCUT2D eigenvalue weighted by atomic mass is 10.1. The van der Waals surface area contributed by atoms with Gasteiger partial charge >= 0.3 is 0 Å². The Balaban J connectivity index is 2.17. The first-order valence-electron chi connectivity index (χ1n) is 6.41. The van der Waals surface area contributed by atoms with Crippen LogP contribution in [0.3, 0.4) is 0 Å². The van der Waals surface area contributed by atoms with Gasteiger partial charge in [-0.15, -0.1) is 11.3 Å². The van der Waals surface area contributed by atoms with Crippen LogP contribution >= 0.6 is 11.3 Å². The predicted molar refractivity (Wildman–Crippen MR) is 80.3 cm³/mol. The van der Waals surface area contributed by atoms with E-state index in [0.717, 1.165) is 17.0 Å². The summed E-state index contributed by atoms with van der Waals surface area (Å²) in [6, 6.07) is 4.69. The van der Waals surface area contributed by atoms with Gasteiger partial charge in [0.05, 0.1) is 16.6 Å². The number of hydrogen-bond donors (Lipinski definition) is 2. The molecular formula is C14H15F2NO3S2. The molecule has 0 saturated carbocycles. The molecule has 2 N–H and O–H groups in total. The molecule has 2 rings (SSSR count). The predicted octanol–water partition coefficient (Wildman–Crippen LogP) is 2.66. The number of halogens is 2. The SMILES string of the molecule is Cc1cc(S(=O)(=O)NCC(O)c2c(F)cccc2F)c(C)s1. The Morgan fingerprint density at radius 2 is 1.86 bits per heavy atom. The Hall–Kier alpha value is -1.35. The molecule has 0 aliphatic carbocycles. The molecule has 1 aromatic heterocycles. The fourth-order valence-electron chi connectivity index (χ4n) is 2.07. The van der Waals surface area contributed by atoms with E-state index in [9.17, 15) is 22.3 Å². The first kappa shape index (κ1) is 17.0. The van der Waals surface area contributed by atoms with Gasteiger partial charge in [-0.25, -0.2) is 21.9 Å². The summed E-state index contributed by atoms with van der Waals surface area (Å²) >= 11 is 1.33. The van der Waals surface area contributed by atoms with E-state index >= 15 is 0 Å². The zero-order valence-electron chi connectivity index (χ0n) is 11.9. The number of aryl methyl sites for hydroxylation is 2. The van der Waals surface area contributed by atoms with E-state index in [0.29, 0.717) is 4.88 Å². The molecule has 0 amide bonds. The number of aliphatic hydroxyl groups excluding tert-OH is 1. The summed E-state index contributed by atoms with van der Waals surface area (Å²) in [6.45, 7) is 2.92. The highest BCUT2D eigenvalue weighted by Gasteiger charge is 2.23. The summed E-state index contributed by atoms with van der Waals surface area (Å²) < 4.78 is 53.6. The number of sulfonamides is 1. The summed E-state index contributed by atoms with van der Waals surface area (Å²) in [7, 11) is -3.84. The van der Waals surface area contributed by atoms with Gasteiger partial charge in [0.2, 0.25) is 10.0 Å². The molecule has 4 nitrogen and oxygen atoms in total. The van der Waals surface area contributed by atoms with Crippen LogP contribution in [0.2, 0.25) is 0 Å². The highest BCUT2D eigenvalue weighted by Crippen LogP contribution is 2.25. The van der Waals surface area contributed by atoms with Crippen molar-refractivity contribution in [3.8, 4) is 0 Å². The molecule has 1 atom stereocenters. The zero-order chi connectivity index (χ0) is 16.5. The number of benzene rings is 1. The van der Waals surface area contributed by atoms with Crippen LogP contribution in [-0.4, -0.2) is 20.1 Å². The molecule has 0 aliphatic rings. The van der Waals surface area contributed by atoms with Gasteiger partial charge in [0, 0.05) is 16.3 Å². The van der Waals surface area contributed by atoms with Gasteiger partial charge in [0.15, 0.2) is 0 Å². The quantitative estimate of drug-likeness (QED) is 0.874. The van der Waals surface area contributed by atoms with E-state index in [1.54, 1.807) is 13.8 Å². The number of aliphatic hydroxyl groups is 1. The molecule has 1 unspecified atom stereocenters. The van der Waals surface area contributed by atoms with Crippen LogP contribution in [0.1, 0.15) is 21.4 Å². The largest absolute Gasteiger partial charge is 0.387 e. The van der Waals surface area contributed by atoms with Crippen molar-refractivity contribution in [3.63, 3.8) is 0 Å². The third kappa shape index (κ3) is 3.52. The highest BCUT2D eigenvalue weighted by molar-refractivity contribution is 7.89. The van der Waals surface area contributed by atoms with Crippen molar-refractivity contribution in [2.24, 2.45) is 0 Å². The molecule has 22 heavy (non-hydrogen) atoms. The van der Waals surface area contributed by atoms with Crippen LogP contribution in [0.25, 0.3) is 0 Å². The van der Waals surface area contributed by atoms with Gasteiger partial charge in [0.1, 0.15) is 11.6 Å². The normalized spacial score (nSPS) is 13.3. The van der Waals surface area contributed by atoms with Crippen LogP contribution < -0.4 is 4.72 Å². The van der Waals surface area contributed by atoms with Gasteiger partial charge in [-0.1, -0.05) is 6.07 Å². The van der Waals surface area contributed by atoms with Crippen LogP contribution in [0.15, 0.2) is 29.2 Å². The van der Waals surface area contributed by atoms with Crippen LogP contribution in [0.4, 0.5) is 8.78 Å². The lowest BCUT2D eigenvalue weighted by Gasteiger charge is -2.14. The summed E-state index contributed by atoms with van der Waals surface area (Å²) in [5.74, 6) is -1.84. The fourth-order valence-corrected chi connectivity index (χ4v) is 4.66. The molecule has 0 spiro atoms. The third-order valence-electron chi connectivity index (χ3n) is 3.08. The number of thiophene rings is 1. The van der Waals surface area contributed by atoms with Gasteiger partial charge in [-0.3, -0.25) is 0 Å². The average molecular weight is 347 g/mol. The minimum atomic E-state index is -3.84. The second-order valence-electron chi connectivity index (χ2n) is 4.78. The maximum absolute atomic E-state index is 13.5. The molecule has 1 aromatic carbocycles. The molecule has 0 aliphatic heterocycles. The Bertz CT molecular complexity index is 767. The fraction of sp³-hybridized carbons (Fsp3) is 0.286. The van der Waals surface area contributed by atoms with Crippen LogP contribution in [-0.2, 0) is 10.0 Å². The molecule has 0 fully saturated rings. The molecule has 120 valence electrons. The van der Waals surface area contributed by atoms with E-state index in [-0.39, 0.29) is 4.90 Å². The monoisotopic (exact) mass is 347 g/mol. The van der Waals surface area contributed by atoms with Crippen molar-refractivity contribution >= 4 is 21.4 Å². The van der Waals surface area contributed by atoms with Crippen molar-refractivity contribution in [2.45, 2.75) is 24.8 Å². The summed E-state index contributed by atoms with van der Waals surface area (Å²) in [5.41, 5.74) is -0.552. The van der Waals surface area contributed by atoms with Crippen molar-refractivity contribution in [2.75, 3.05) is 6.54 Å². The second kappa shape index (κ2) is 6.41. The Morgan fingerprint density at radius 3 is 2.36 bits per heavy atom. The minimum Gasteiger partial charge on any atom is -0.387 e.